The number of hydrogen-bond donors (Lipinski definition) is 1. The normalized spacial score (nSPS) is 11.2. The molecule has 0 atom stereocenters. The van der Waals surface area contributed by atoms with Crippen LogP contribution >= 0.6 is 27.5 Å². The zero-order valence-electron chi connectivity index (χ0n) is 10.7. The number of benzene rings is 1. The second kappa shape index (κ2) is 6.43. The minimum absolute atomic E-state index is 0.00925. The molecular formula is C13H17BrClNO2. The predicted molar refractivity (Wildman–Crippen MR) is 77.9 cm³/mol. The molecule has 0 bridgehead atoms. The topological polar surface area (TPSA) is 38.3 Å². The van der Waals surface area contributed by atoms with Crippen molar-refractivity contribution in [1.29, 1.82) is 0 Å². The summed E-state index contributed by atoms with van der Waals surface area (Å²) in [4.78, 5) is 12.0. The lowest BCUT2D eigenvalue weighted by Gasteiger charge is -2.22. The molecule has 0 aliphatic heterocycles. The van der Waals surface area contributed by atoms with Gasteiger partial charge in [-0.1, -0.05) is 41.4 Å². The second-order valence-corrected chi connectivity index (χ2v) is 5.82. The van der Waals surface area contributed by atoms with Crippen LogP contribution in [-0.2, 0) is 0 Å². The standard InChI is InChI=1S/C13H17BrClNO2/c1-13(2,7-14)8-16-12(17)10-5-4-9(15)6-11(10)18-3/h4-6H,7-8H2,1-3H3,(H,16,17). The largest absolute Gasteiger partial charge is 0.496 e. The van der Waals surface area contributed by atoms with E-state index in [1.165, 1.54) is 7.11 Å². The number of amides is 1. The van der Waals surface area contributed by atoms with E-state index in [4.69, 9.17) is 16.3 Å². The Balaban J connectivity index is 2.79. The summed E-state index contributed by atoms with van der Waals surface area (Å²) < 4.78 is 5.15. The van der Waals surface area contributed by atoms with E-state index < -0.39 is 0 Å². The molecule has 0 fully saturated rings. The Labute approximate surface area is 121 Å². The van der Waals surface area contributed by atoms with Gasteiger partial charge in [0, 0.05) is 16.9 Å². The van der Waals surface area contributed by atoms with Gasteiger partial charge in [-0.15, -0.1) is 0 Å². The van der Waals surface area contributed by atoms with E-state index in [9.17, 15) is 4.79 Å². The molecule has 0 radical (unpaired) electrons. The van der Waals surface area contributed by atoms with Crippen molar-refractivity contribution < 1.29 is 9.53 Å². The number of ether oxygens (including phenoxy) is 1. The molecule has 3 nitrogen and oxygen atoms in total. The summed E-state index contributed by atoms with van der Waals surface area (Å²) in [6.07, 6.45) is 0. The van der Waals surface area contributed by atoms with Crippen LogP contribution in [0.5, 0.6) is 5.75 Å². The van der Waals surface area contributed by atoms with E-state index in [0.29, 0.717) is 22.9 Å². The lowest BCUT2D eigenvalue weighted by molar-refractivity contribution is 0.0937. The van der Waals surface area contributed by atoms with Crippen molar-refractivity contribution in [3.63, 3.8) is 0 Å². The molecule has 1 N–H and O–H groups in total. The highest BCUT2D eigenvalue weighted by Crippen LogP contribution is 2.23. The maximum absolute atomic E-state index is 12.0. The summed E-state index contributed by atoms with van der Waals surface area (Å²) >= 11 is 9.28. The van der Waals surface area contributed by atoms with Crippen molar-refractivity contribution in [2.75, 3.05) is 19.0 Å². The van der Waals surface area contributed by atoms with E-state index in [0.717, 1.165) is 5.33 Å². The monoisotopic (exact) mass is 333 g/mol. The Bertz CT molecular complexity index is 435. The van der Waals surface area contributed by atoms with Gasteiger partial charge in [-0.3, -0.25) is 4.79 Å². The molecule has 0 saturated heterocycles. The fourth-order valence-corrected chi connectivity index (χ4v) is 1.68. The third kappa shape index (κ3) is 4.18. The number of methoxy groups -OCH3 is 1. The highest BCUT2D eigenvalue weighted by molar-refractivity contribution is 9.09. The Morgan fingerprint density at radius 1 is 1.50 bits per heavy atom. The van der Waals surface area contributed by atoms with Crippen LogP contribution in [0.2, 0.25) is 5.02 Å². The van der Waals surface area contributed by atoms with Gasteiger partial charge in [0.1, 0.15) is 5.75 Å². The third-order valence-corrected chi connectivity index (χ3v) is 4.25. The van der Waals surface area contributed by atoms with Crippen LogP contribution in [0.1, 0.15) is 24.2 Å². The van der Waals surface area contributed by atoms with Crippen LogP contribution in [0.3, 0.4) is 0 Å². The molecule has 1 aromatic rings. The van der Waals surface area contributed by atoms with E-state index in [2.05, 4.69) is 35.1 Å². The second-order valence-electron chi connectivity index (χ2n) is 4.83. The van der Waals surface area contributed by atoms with Crippen LogP contribution in [0.25, 0.3) is 0 Å². The molecule has 0 spiro atoms. The minimum atomic E-state index is -0.155. The quantitative estimate of drug-likeness (QED) is 0.837. The first-order chi connectivity index (χ1) is 8.39. The van der Waals surface area contributed by atoms with Gasteiger partial charge in [-0.05, 0) is 23.6 Å². The third-order valence-electron chi connectivity index (χ3n) is 2.50. The van der Waals surface area contributed by atoms with Crippen molar-refractivity contribution in [3.05, 3.63) is 28.8 Å². The number of hydrogen-bond acceptors (Lipinski definition) is 2. The molecule has 0 aliphatic rings. The Morgan fingerprint density at radius 2 is 2.17 bits per heavy atom. The van der Waals surface area contributed by atoms with E-state index in [-0.39, 0.29) is 11.3 Å². The van der Waals surface area contributed by atoms with Crippen molar-refractivity contribution in [2.45, 2.75) is 13.8 Å². The van der Waals surface area contributed by atoms with Gasteiger partial charge in [-0.2, -0.15) is 0 Å². The van der Waals surface area contributed by atoms with Crippen LogP contribution in [0.15, 0.2) is 18.2 Å². The summed E-state index contributed by atoms with van der Waals surface area (Å²) in [7, 11) is 1.52. The molecule has 1 aromatic carbocycles. The lowest BCUT2D eigenvalue weighted by atomic mass is 9.96. The van der Waals surface area contributed by atoms with Gasteiger partial charge in [0.2, 0.25) is 0 Å². The predicted octanol–water partition coefficient (Wildman–Crippen LogP) is 3.50. The maximum atomic E-state index is 12.0. The van der Waals surface area contributed by atoms with Crippen molar-refractivity contribution in [1.82, 2.24) is 5.32 Å². The molecule has 0 unspecified atom stereocenters. The Morgan fingerprint density at radius 3 is 2.72 bits per heavy atom. The molecule has 5 heteroatoms. The average Bonchev–Trinajstić information content (AvgIpc) is 2.36. The van der Waals surface area contributed by atoms with E-state index in [1.54, 1.807) is 18.2 Å². The summed E-state index contributed by atoms with van der Waals surface area (Å²) in [5.41, 5.74) is 0.502. The molecule has 1 amide bonds. The minimum Gasteiger partial charge on any atom is -0.496 e. The zero-order valence-corrected chi connectivity index (χ0v) is 13.1. The maximum Gasteiger partial charge on any atom is 0.255 e. The van der Waals surface area contributed by atoms with Crippen LogP contribution < -0.4 is 10.1 Å². The number of carbonyl (C=O) groups is 1. The molecular weight excluding hydrogens is 318 g/mol. The molecule has 18 heavy (non-hydrogen) atoms. The van der Waals surface area contributed by atoms with Crippen molar-refractivity contribution in [2.24, 2.45) is 5.41 Å². The summed E-state index contributed by atoms with van der Waals surface area (Å²) in [5.74, 6) is 0.328. The zero-order chi connectivity index (χ0) is 13.8. The summed E-state index contributed by atoms with van der Waals surface area (Å²) in [6, 6.07) is 4.97. The highest BCUT2D eigenvalue weighted by atomic mass is 79.9. The summed E-state index contributed by atoms with van der Waals surface area (Å²) in [6.45, 7) is 4.73. The van der Waals surface area contributed by atoms with Crippen LogP contribution in [0.4, 0.5) is 0 Å². The number of halogens is 2. The molecule has 0 aromatic heterocycles. The van der Waals surface area contributed by atoms with Crippen LogP contribution in [-0.4, -0.2) is 24.9 Å². The van der Waals surface area contributed by atoms with Gasteiger partial charge >= 0.3 is 0 Å². The van der Waals surface area contributed by atoms with Crippen LogP contribution in [0, 0.1) is 5.41 Å². The number of carbonyl (C=O) groups excluding carboxylic acids is 1. The fraction of sp³-hybridized carbons (Fsp3) is 0.462. The number of rotatable bonds is 5. The SMILES string of the molecule is COc1cc(Cl)ccc1C(=O)NCC(C)(C)CBr. The summed E-state index contributed by atoms with van der Waals surface area (Å²) in [5, 5.41) is 4.26. The lowest BCUT2D eigenvalue weighted by Crippen LogP contribution is -2.35. The van der Waals surface area contributed by atoms with Crippen molar-refractivity contribution >= 4 is 33.4 Å². The first-order valence-corrected chi connectivity index (χ1v) is 7.07. The number of alkyl halides is 1. The molecule has 100 valence electrons. The van der Waals surface area contributed by atoms with Gasteiger partial charge in [0.25, 0.3) is 5.91 Å². The van der Waals surface area contributed by atoms with Gasteiger partial charge in [-0.25, -0.2) is 0 Å². The first-order valence-electron chi connectivity index (χ1n) is 5.57. The van der Waals surface area contributed by atoms with Gasteiger partial charge in [0.05, 0.1) is 12.7 Å². The smallest absolute Gasteiger partial charge is 0.255 e. The Kier molecular flexibility index (Phi) is 5.47. The highest BCUT2D eigenvalue weighted by Gasteiger charge is 2.19. The van der Waals surface area contributed by atoms with Crippen molar-refractivity contribution in [3.8, 4) is 5.75 Å². The van der Waals surface area contributed by atoms with E-state index in [1.807, 2.05) is 0 Å². The average molecular weight is 335 g/mol. The van der Waals surface area contributed by atoms with Gasteiger partial charge in [0.15, 0.2) is 0 Å². The molecule has 0 saturated carbocycles. The fourth-order valence-electron chi connectivity index (χ4n) is 1.31. The molecule has 0 heterocycles. The number of nitrogens with one attached hydrogen (secondary N) is 1. The Hall–Kier alpha value is -0.740. The van der Waals surface area contributed by atoms with E-state index >= 15 is 0 Å². The molecule has 0 aliphatic carbocycles. The first kappa shape index (κ1) is 15.3. The molecule has 1 rings (SSSR count). The van der Waals surface area contributed by atoms with Gasteiger partial charge < -0.3 is 10.1 Å².